The first kappa shape index (κ1) is 17.4. The van der Waals surface area contributed by atoms with Crippen LogP contribution in [0.2, 0.25) is 0 Å². The summed E-state index contributed by atoms with van der Waals surface area (Å²) in [6, 6.07) is 19.1. The van der Waals surface area contributed by atoms with Gasteiger partial charge in [0, 0.05) is 12.2 Å². The summed E-state index contributed by atoms with van der Waals surface area (Å²) in [7, 11) is 0. The summed E-state index contributed by atoms with van der Waals surface area (Å²) in [4.78, 5) is 25.5. The van der Waals surface area contributed by atoms with Crippen molar-refractivity contribution in [3.63, 3.8) is 0 Å². The lowest BCUT2D eigenvalue weighted by molar-refractivity contribution is 0.491. The predicted octanol–water partition coefficient (Wildman–Crippen LogP) is 3.99. The van der Waals surface area contributed by atoms with Gasteiger partial charge in [0.05, 0.1) is 10.5 Å². The molecule has 0 aliphatic rings. The molecule has 0 spiro atoms. The maximum Gasteiger partial charge on any atom is 0.332 e. The van der Waals surface area contributed by atoms with Crippen molar-refractivity contribution in [1.29, 1.82) is 0 Å². The molecule has 4 nitrogen and oxygen atoms in total. The van der Waals surface area contributed by atoms with Gasteiger partial charge in [0.15, 0.2) is 0 Å². The van der Waals surface area contributed by atoms with E-state index in [1.807, 2.05) is 74.5 Å². The van der Waals surface area contributed by atoms with Crippen molar-refractivity contribution in [1.82, 2.24) is 9.13 Å². The summed E-state index contributed by atoms with van der Waals surface area (Å²) in [6.45, 7) is 3.67. The van der Waals surface area contributed by atoms with Gasteiger partial charge in [-0.1, -0.05) is 60.7 Å². The Labute approximate surface area is 154 Å². The molecule has 0 saturated carbocycles. The fourth-order valence-electron chi connectivity index (χ4n) is 2.98. The van der Waals surface area contributed by atoms with Crippen molar-refractivity contribution in [2.24, 2.45) is 0 Å². The standard InChI is InChI=1S/C20H19BrN2O2/c1-14(2)23-19(24)17(21)13-22(20(23)25)18(15-9-5-3-6-10-15)16-11-7-4-8-12-16/h3-14,18H,1-2H3. The number of aromatic nitrogens is 2. The molecule has 0 N–H and O–H groups in total. The molecule has 3 aromatic rings. The van der Waals surface area contributed by atoms with Crippen LogP contribution >= 0.6 is 15.9 Å². The Morgan fingerprint density at radius 2 is 1.32 bits per heavy atom. The first-order valence-electron chi connectivity index (χ1n) is 8.13. The number of benzene rings is 2. The van der Waals surface area contributed by atoms with Crippen LogP contribution in [0.5, 0.6) is 0 Å². The highest BCUT2D eigenvalue weighted by Crippen LogP contribution is 2.25. The van der Waals surface area contributed by atoms with Gasteiger partial charge in [0.1, 0.15) is 0 Å². The molecule has 0 aliphatic heterocycles. The average Bonchev–Trinajstić information content (AvgIpc) is 2.61. The Kier molecular flexibility index (Phi) is 5.04. The van der Waals surface area contributed by atoms with Crippen LogP contribution in [0.25, 0.3) is 0 Å². The Balaban J connectivity index is 2.32. The summed E-state index contributed by atoms with van der Waals surface area (Å²) in [5, 5.41) is 0. The van der Waals surface area contributed by atoms with E-state index in [4.69, 9.17) is 0 Å². The largest absolute Gasteiger partial charge is 0.332 e. The minimum atomic E-state index is -0.319. The SMILES string of the molecule is CC(C)n1c(=O)c(Br)cn(C(c2ccccc2)c2ccccc2)c1=O. The molecule has 25 heavy (non-hydrogen) atoms. The van der Waals surface area contributed by atoms with Crippen molar-refractivity contribution < 1.29 is 0 Å². The van der Waals surface area contributed by atoms with Crippen LogP contribution in [-0.2, 0) is 0 Å². The van der Waals surface area contributed by atoms with Gasteiger partial charge in [-0.3, -0.25) is 13.9 Å². The van der Waals surface area contributed by atoms with Gasteiger partial charge in [-0.25, -0.2) is 4.79 Å². The lowest BCUT2D eigenvalue weighted by Crippen LogP contribution is -2.42. The maximum absolute atomic E-state index is 13.1. The lowest BCUT2D eigenvalue weighted by atomic mass is 9.98. The molecule has 3 rings (SSSR count). The molecule has 0 bridgehead atoms. The molecule has 2 aromatic carbocycles. The third kappa shape index (κ3) is 3.37. The van der Waals surface area contributed by atoms with Crippen molar-refractivity contribution in [3.8, 4) is 0 Å². The van der Waals surface area contributed by atoms with Crippen LogP contribution < -0.4 is 11.2 Å². The highest BCUT2D eigenvalue weighted by atomic mass is 79.9. The number of halogens is 1. The minimum absolute atomic E-state index is 0.226. The molecule has 0 fully saturated rings. The van der Waals surface area contributed by atoms with E-state index in [1.165, 1.54) is 4.57 Å². The average molecular weight is 399 g/mol. The zero-order valence-electron chi connectivity index (χ0n) is 14.1. The Bertz CT molecular complexity index is 937. The first-order chi connectivity index (χ1) is 12.0. The second-order valence-electron chi connectivity index (χ2n) is 6.16. The quantitative estimate of drug-likeness (QED) is 0.666. The Morgan fingerprint density at radius 3 is 1.76 bits per heavy atom. The molecule has 1 aromatic heterocycles. The molecule has 0 aliphatic carbocycles. The van der Waals surface area contributed by atoms with Crippen LogP contribution in [0, 0.1) is 0 Å². The van der Waals surface area contributed by atoms with E-state index < -0.39 is 0 Å². The summed E-state index contributed by atoms with van der Waals surface area (Å²) < 4.78 is 3.27. The normalized spacial score (nSPS) is 11.2. The van der Waals surface area contributed by atoms with Crippen molar-refractivity contribution >= 4 is 15.9 Å². The Hall–Kier alpha value is -2.40. The van der Waals surface area contributed by atoms with Crippen LogP contribution in [0.4, 0.5) is 0 Å². The third-order valence-electron chi connectivity index (χ3n) is 4.13. The zero-order valence-corrected chi connectivity index (χ0v) is 15.7. The van der Waals surface area contributed by atoms with E-state index in [1.54, 1.807) is 10.8 Å². The zero-order chi connectivity index (χ0) is 18.0. The summed E-state index contributed by atoms with van der Waals surface area (Å²) in [5.41, 5.74) is 1.34. The van der Waals surface area contributed by atoms with Gasteiger partial charge in [-0.15, -0.1) is 0 Å². The lowest BCUT2D eigenvalue weighted by Gasteiger charge is -2.23. The fraction of sp³-hybridized carbons (Fsp3) is 0.200. The van der Waals surface area contributed by atoms with Gasteiger partial charge in [-0.2, -0.15) is 0 Å². The summed E-state index contributed by atoms with van der Waals surface area (Å²) in [5.74, 6) is 0. The molecule has 0 atom stereocenters. The third-order valence-corrected chi connectivity index (χ3v) is 4.67. The number of rotatable bonds is 4. The van der Waals surface area contributed by atoms with Gasteiger partial charge >= 0.3 is 5.69 Å². The molecule has 0 saturated heterocycles. The topological polar surface area (TPSA) is 44.0 Å². The highest BCUT2D eigenvalue weighted by Gasteiger charge is 2.21. The highest BCUT2D eigenvalue weighted by molar-refractivity contribution is 9.10. The van der Waals surface area contributed by atoms with Crippen molar-refractivity contribution in [2.45, 2.75) is 25.9 Å². The van der Waals surface area contributed by atoms with Crippen molar-refractivity contribution in [3.05, 3.63) is 103 Å². The number of hydrogen-bond acceptors (Lipinski definition) is 2. The minimum Gasteiger partial charge on any atom is -0.288 e. The molecule has 0 amide bonds. The molecule has 1 heterocycles. The van der Waals surface area contributed by atoms with Crippen LogP contribution in [0.3, 0.4) is 0 Å². The maximum atomic E-state index is 13.1. The van der Waals surface area contributed by atoms with E-state index in [9.17, 15) is 9.59 Å². The second-order valence-corrected chi connectivity index (χ2v) is 7.01. The monoisotopic (exact) mass is 398 g/mol. The van der Waals surface area contributed by atoms with E-state index >= 15 is 0 Å². The molecule has 128 valence electrons. The van der Waals surface area contributed by atoms with Crippen molar-refractivity contribution in [2.75, 3.05) is 0 Å². The van der Waals surface area contributed by atoms with Crippen LogP contribution in [0.15, 0.2) is 80.9 Å². The van der Waals surface area contributed by atoms with Crippen LogP contribution in [0.1, 0.15) is 37.1 Å². The Morgan fingerprint density at radius 1 is 0.840 bits per heavy atom. The summed E-state index contributed by atoms with van der Waals surface area (Å²) in [6.07, 6.45) is 1.59. The predicted molar refractivity (Wildman–Crippen MR) is 103 cm³/mol. The van der Waals surface area contributed by atoms with Crippen LogP contribution in [-0.4, -0.2) is 9.13 Å². The molecule has 0 unspecified atom stereocenters. The fourth-order valence-corrected chi connectivity index (χ4v) is 3.40. The smallest absolute Gasteiger partial charge is 0.288 e. The van der Waals surface area contributed by atoms with E-state index in [0.717, 1.165) is 11.1 Å². The van der Waals surface area contributed by atoms with E-state index in [-0.39, 0.29) is 23.3 Å². The second kappa shape index (κ2) is 7.23. The summed E-state index contributed by atoms with van der Waals surface area (Å²) >= 11 is 3.32. The van der Waals surface area contributed by atoms with E-state index in [2.05, 4.69) is 15.9 Å². The van der Waals surface area contributed by atoms with Gasteiger partial charge in [-0.05, 0) is 40.9 Å². The molecule has 0 radical (unpaired) electrons. The molecular formula is C20H19BrN2O2. The van der Waals surface area contributed by atoms with Gasteiger partial charge in [0.2, 0.25) is 0 Å². The molecule has 5 heteroatoms. The van der Waals surface area contributed by atoms with E-state index in [0.29, 0.717) is 4.47 Å². The first-order valence-corrected chi connectivity index (χ1v) is 8.93. The van der Waals surface area contributed by atoms with Gasteiger partial charge < -0.3 is 0 Å². The van der Waals surface area contributed by atoms with Gasteiger partial charge in [0.25, 0.3) is 5.56 Å². The number of nitrogens with zero attached hydrogens (tertiary/aromatic N) is 2. The molecular weight excluding hydrogens is 380 g/mol. The number of hydrogen-bond donors (Lipinski definition) is 0.